The van der Waals surface area contributed by atoms with Gasteiger partial charge in [0, 0.05) is 25.7 Å². The summed E-state index contributed by atoms with van der Waals surface area (Å²) in [6, 6.07) is 0. The normalized spacial score (nSPS) is 14.3. The van der Waals surface area contributed by atoms with Gasteiger partial charge in [-0.15, -0.1) is 0 Å². The third kappa shape index (κ3) is 62.8. The minimum Gasteiger partial charge on any atom is -0.462 e. The fraction of sp³-hybridized carbons (Fsp3) is 0.942. The molecule has 3 N–H and O–H groups in total. The van der Waals surface area contributed by atoms with Crippen LogP contribution in [0.2, 0.25) is 0 Å². The van der Waals surface area contributed by atoms with Gasteiger partial charge < -0.3 is 33.8 Å². The van der Waals surface area contributed by atoms with Crippen molar-refractivity contribution < 1.29 is 80.2 Å². The van der Waals surface area contributed by atoms with E-state index in [2.05, 4.69) is 55.4 Å². The van der Waals surface area contributed by atoms with E-state index in [0.29, 0.717) is 37.5 Å². The average molecular weight is 1300 g/mol. The van der Waals surface area contributed by atoms with Crippen LogP contribution in [0.1, 0.15) is 338 Å². The first-order valence-corrected chi connectivity index (χ1v) is 38.7. The van der Waals surface area contributed by atoms with Crippen molar-refractivity contribution >= 4 is 39.5 Å². The SMILES string of the molecule is CC(C)CCCCCCCCCCCCCCCC(=O)O[C@H](COC(=O)CCCCCCCCC(C)C)COP(=O)(O)OC[C@H](O)COP(=O)(O)OC[C@@H](COC(=O)CCCCCCCCC(C)C)OC(=O)CCCCCCCCCCCCCC(C)C. The number of phosphoric acid groups is 2. The van der Waals surface area contributed by atoms with Gasteiger partial charge in [0.15, 0.2) is 12.2 Å². The highest BCUT2D eigenvalue weighted by Crippen LogP contribution is 2.45. The Kier molecular flexibility index (Phi) is 57.6. The van der Waals surface area contributed by atoms with Crippen LogP contribution in [-0.2, 0) is 65.4 Å². The Morgan fingerprint density at radius 2 is 0.477 bits per heavy atom. The first-order valence-electron chi connectivity index (χ1n) is 35.7. The average Bonchev–Trinajstić information content (AvgIpc) is 3.36. The second kappa shape index (κ2) is 58.8. The lowest BCUT2D eigenvalue weighted by atomic mass is 10.0. The van der Waals surface area contributed by atoms with Gasteiger partial charge in [0.05, 0.1) is 26.4 Å². The maximum absolute atomic E-state index is 13.0. The van der Waals surface area contributed by atoms with Crippen LogP contribution in [0.25, 0.3) is 0 Å². The molecule has 17 nitrogen and oxygen atoms in total. The van der Waals surface area contributed by atoms with Gasteiger partial charge in [-0.2, -0.15) is 0 Å². The molecule has 0 aromatic carbocycles. The molecule has 0 aliphatic rings. The minimum absolute atomic E-state index is 0.105. The molecule has 0 rings (SSSR count). The van der Waals surface area contributed by atoms with Crippen molar-refractivity contribution in [3.05, 3.63) is 0 Å². The molecule has 0 bridgehead atoms. The van der Waals surface area contributed by atoms with Crippen molar-refractivity contribution in [2.45, 2.75) is 356 Å². The van der Waals surface area contributed by atoms with E-state index in [1.807, 2.05) is 0 Å². The number of aliphatic hydroxyl groups is 1. The number of ether oxygens (including phenoxy) is 4. The van der Waals surface area contributed by atoms with Crippen LogP contribution in [-0.4, -0.2) is 96.7 Å². The summed E-state index contributed by atoms with van der Waals surface area (Å²) in [7, 11) is -9.90. The Bertz CT molecular complexity index is 1750. The van der Waals surface area contributed by atoms with Crippen molar-refractivity contribution in [1.29, 1.82) is 0 Å². The number of rotatable bonds is 66. The molecule has 0 aliphatic heterocycles. The Morgan fingerprint density at radius 1 is 0.284 bits per heavy atom. The van der Waals surface area contributed by atoms with Crippen LogP contribution in [0.3, 0.4) is 0 Å². The Balaban J connectivity index is 5.22. The molecule has 0 heterocycles. The standard InChI is InChI=1S/C69H134O17P2/c1-59(2)45-37-29-21-17-13-10-9-11-15-19-23-35-43-51-68(73)85-64(55-79-66(71)49-41-33-27-25-31-39-47-61(5)6)57-83-87(75,76)81-53-63(70)54-82-88(77,78)84-58-65(56-80-67(72)50-42-34-28-26-32-40-48-62(7)8)86-69(74)52-44-36-24-20-16-12-14-18-22-30-38-46-60(3)4/h59-65,70H,9-58H2,1-8H3,(H,75,76)(H,77,78)/t63-,64+,65+/m0/s1. The number of hydrogen-bond acceptors (Lipinski definition) is 15. The monoisotopic (exact) mass is 1300 g/mol. The summed E-state index contributed by atoms with van der Waals surface area (Å²) in [5.74, 6) is 0.777. The van der Waals surface area contributed by atoms with Gasteiger partial charge in [-0.25, -0.2) is 9.13 Å². The Hall–Kier alpha value is -1.94. The maximum Gasteiger partial charge on any atom is 0.472 e. The van der Waals surface area contributed by atoms with Crippen LogP contribution in [0.15, 0.2) is 0 Å². The van der Waals surface area contributed by atoms with Crippen molar-refractivity contribution in [3.63, 3.8) is 0 Å². The predicted molar refractivity (Wildman–Crippen MR) is 354 cm³/mol. The van der Waals surface area contributed by atoms with Crippen LogP contribution in [0.5, 0.6) is 0 Å². The predicted octanol–water partition coefficient (Wildman–Crippen LogP) is 19.3. The molecular weight excluding hydrogens is 1160 g/mol. The molecule has 19 heteroatoms. The van der Waals surface area contributed by atoms with Gasteiger partial charge in [0.2, 0.25) is 0 Å². The van der Waals surface area contributed by atoms with Crippen LogP contribution < -0.4 is 0 Å². The third-order valence-corrected chi connectivity index (χ3v) is 17.7. The lowest BCUT2D eigenvalue weighted by Gasteiger charge is -2.21. The van der Waals surface area contributed by atoms with Gasteiger partial charge >= 0.3 is 39.5 Å². The zero-order valence-electron chi connectivity index (χ0n) is 57.3. The van der Waals surface area contributed by atoms with Crippen molar-refractivity contribution in [2.24, 2.45) is 23.7 Å². The highest BCUT2D eigenvalue weighted by atomic mass is 31.2. The van der Waals surface area contributed by atoms with E-state index in [-0.39, 0.29) is 25.7 Å². The topological polar surface area (TPSA) is 237 Å². The smallest absolute Gasteiger partial charge is 0.462 e. The molecule has 0 aromatic rings. The zero-order chi connectivity index (χ0) is 65.4. The zero-order valence-corrected chi connectivity index (χ0v) is 59.1. The lowest BCUT2D eigenvalue weighted by molar-refractivity contribution is -0.161. The van der Waals surface area contributed by atoms with Gasteiger partial charge in [-0.1, -0.05) is 287 Å². The summed E-state index contributed by atoms with van der Waals surface area (Å²) in [6.07, 6.45) is 40.6. The summed E-state index contributed by atoms with van der Waals surface area (Å²) in [5, 5.41) is 10.6. The fourth-order valence-electron chi connectivity index (χ4n) is 10.3. The molecule has 0 aromatic heterocycles. The molecule has 0 saturated carbocycles. The van der Waals surface area contributed by atoms with E-state index in [4.69, 9.17) is 37.0 Å². The Labute approximate surface area is 537 Å². The highest BCUT2D eigenvalue weighted by molar-refractivity contribution is 7.47. The number of unbranched alkanes of at least 4 members (excludes halogenated alkanes) is 32. The molecule has 88 heavy (non-hydrogen) atoms. The minimum atomic E-state index is -4.95. The number of esters is 4. The van der Waals surface area contributed by atoms with E-state index < -0.39 is 97.5 Å². The van der Waals surface area contributed by atoms with Gasteiger partial charge in [-0.3, -0.25) is 37.3 Å². The fourth-order valence-corrected chi connectivity index (χ4v) is 11.9. The van der Waals surface area contributed by atoms with Crippen molar-refractivity contribution in [3.8, 4) is 0 Å². The summed E-state index contributed by atoms with van der Waals surface area (Å²) in [4.78, 5) is 72.4. The molecule has 0 radical (unpaired) electrons. The van der Waals surface area contributed by atoms with Crippen LogP contribution >= 0.6 is 15.6 Å². The van der Waals surface area contributed by atoms with Crippen molar-refractivity contribution in [2.75, 3.05) is 39.6 Å². The lowest BCUT2D eigenvalue weighted by Crippen LogP contribution is -2.30. The molecule has 0 aliphatic carbocycles. The highest BCUT2D eigenvalue weighted by Gasteiger charge is 2.30. The van der Waals surface area contributed by atoms with E-state index in [0.717, 1.165) is 115 Å². The molecule has 5 atom stereocenters. The van der Waals surface area contributed by atoms with E-state index >= 15 is 0 Å². The molecule has 0 spiro atoms. The molecule has 0 fully saturated rings. The van der Waals surface area contributed by atoms with Gasteiger partial charge in [0.25, 0.3) is 0 Å². The van der Waals surface area contributed by atoms with Gasteiger partial charge in [-0.05, 0) is 49.4 Å². The first kappa shape index (κ1) is 86.1. The molecule has 0 saturated heterocycles. The molecule has 0 amide bonds. The summed E-state index contributed by atoms with van der Waals surface area (Å²) in [6.45, 7) is 14.0. The maximum atomic E-state index is 13.0. The number of hydrogen-bond donors (Lipinski definition) is 3. The Morgan fingerprint density at radius 3 is 0.705 bits per heavy atom. The van der Waals surface area contributed by atoms with Gasteiger partial charge in [0.1, 0.15) is 19.3 Å². The van der Waals surface area contributed by atoms with Crippen LogP contribution in [0, 0.1) is 23.7 Å². The quantitative estimate of drug-likeness (QED) is 0.0222. The molecule has 522 valence electrons. The molecular formula is C69H134O17P2. The second-order valence-corrected chi connectivity index (χ2v) is 29.7. The molecule has 2 unspecified atom stereocenters. The van der Waals surface area contributed by atoms with E-state index in [9.17, 15) is 43.2 Å². The van der Waals surface area contributed by atoms with Crippen LogP contribution in [0.4, 0.5) is 0 Å². The second-order valence-electron chi connectivity index (χ2n) is 26.8. The largest absolute Gasteiger partial charge is 0.472 e. The number of carbonyl (C=O) groups is 4. The van der Waals surface area contributed by atoms with Crippen molar-refractivity contribution in [1.82, 2.24) is 0 Å². The van der Waals surface area contributed by atoms with E-state index in [1.54, 1.807) is 0 Å². The number of carbonyl (C=O) groups excluding carboxylic acids is 4. The number of phosphoric ester groups is 2. The summed E-state index contributed by atoms with van der Waals surface area (Å²) < 4.78 is 68.2. The first-order chi connectivity index (χ1) is 42.1. The van der Waals surface area contributed by atoms with E-state index in [1.165, 1.54) is 128 Å². The summed E-state index contributed by atoms with van der Waals surface area (Å²) in [5.41, 5.74) is 0. The summed E-state index contributed by atoms with van der Waals surface area (Å²) >= 11 is 0. The third-order valence-electron chi connectivity index (χ3n) is 15.8. The number of aliphatic hydroxyl groups excluding tert-OH is 1.